The van der Waals surface area contributed by atoms with Gasteiger partial charge in [0.15, 0.2) is 5.82 Å². The third-order valence-corrected chi connectivity index (χ3v) is 4.42. The maximum atomic E-state index is 4.70. The standard InChI is InChI=1S/C14H19N5S/c1-4-5-15-8-12-13-18-17-10(3)19(13)14-11(7-16-12)6-9(2)20-14/h6-7,12,15H,4-5,8H2,1-3H3. The van der Waals surface area contributed by atoms with Gasteiger partial charge in [0.2, 0.25) is 0 Å². The smallest absolute Gasteiger partial charge is 0.164 e. The minimum atomic E-state index is 0.0302. The van der Waals surface area contributed by atoms with Gasteiger partial charge in [-0.25, -0.2) is 0 Å². The van der Waals surface area contributed by atoms with Crippen molar-refractivity contribution in [3.63, 3.8) is 0 Å². The summed E-state index contributed by atoms with van der Waals surface area (Å²) in [5, 5.41) is 13.2. The number of aliphatic imine (C=N–C) groups is 1. The van der Waals surface area contributed by atoms with Crippen LogP contribution in [0.2, 0.25) is 0 Å². The van der Waals surface area contributed by atoms with Gasteiger partial charge >= 0.3 is 0 Å². The van der Waals surface area contributed by atoms with E-state index in [9.17, 15) is 0 Å². The van der Waals surface area contributed by atoms with Crippen molar-refractivity contribution in [3.05, 3.63) is 28.2 Å². The maximum Gasteiger partial charge on any atom is 0.164 e. The third kappa shape index (κ3) is 2.29. The van der Waals surface area contributed by atoms with E-state index in [0.29, 0.717) is 0 Å². The second-order valence-electron chi connectivity index (χ2n) is 5.06. The van der Waals surface area contributed by atoms with Crippen LogP contribution in [-0.2, 0) is 0 Å². The van der Waals surface area contributed by atoms with Crippen molar-refractivity contribution in [2.75, 3.05) is 13.1 Å². The summed E-state index contributed by atoms with van der Waals surface area (Å²) in [6.07, 6.45) is 3.10. The van der Waals surface area contributed by atoms with Gasteiger partial charge in [-0.05, 0) is 32.9 Å². The summed E-state index contributed by atoms with van der Waals surface area (Å²) in [6, 6.07) is 2.21. The first kappa shape index (κ1) is 13.5. The molecule has 0 spiro atoms. The number of hydrogen-bond acceptors (Lipinski definition) is 5. The van der Waals surface area contributed by atoms with Crippen LogP contribution >= 0.6 is 11.3 Å². The lowest BCUT2D eigenvalue weighted by Gasteiger charge is -2.12. The van der Waals surface area contributed by atoms with Crippen LogP contribution in [0.25, 0.3) is 5.00 Å². The van der Waals surface area contributed by atoms with Crippen LogP contribution in [0, 0.1) is 13.8 Å². The first-order chi connectivity index (χ1) is 9.70. The first-order valence-corrected chi connectivity index (χ1v) is 7.79. The lowest BCUT2D eigenvalue weighted by molar-refractivity contribution is 0.569. The number of nitrogens with zero attached hydrogens (tertiary/aromatic N) is 4. The highest BCUT2D eigenvalue weighted by Gasteiger charge is 2.24. The minimum Gasteiger partial charge on any atom is -0.314 e. The Balaban J connectivity index is 2.01. The highest BCUT2D eigenvalue weighted by Crippen LogP contribution is 2.31. The predicted octanol–water partition coefficient (Wildman–Crippen LogP) is 2.42. The van der Waals surface area contributed by atoms with Crippen LogP contribution in [0.3, 0.4) is 0 Å². The molecule has 3 heterocycles. The van der Waals surface area contributed by atoms with E-state index >= 15 is 0 Å². The molecule has 2 aromatic rings. The molecule has 0 radical (unpaired) electrons. The average molecular weight is 289 g/mol. The molecule has 1 unspecified atom stereocenters. The average Bonchev–Trinajstić information content (AvgIpc) is 2.93. The Morgan fingerprint density at radius 3 is 3.00 bits per heavy atom. The highest BCUT2D eigenvalue weighted by atomic mass is 32.1. The molecule has 1 atom stereocenters. The fourth-order valence-corrected chi connectivity index (χ4v) is 3.47. The summed E-state index contributed by atoms with van der Waals surface area (Å²) in [6.45, 7) is 8.08. The SMILES string of the molecule is CCCNCC1N=Cc2cc(C)sc2-n2c(C)nnc21. The Bertz CT molecular complexity index is 640. The second-order valence-corrected chi connectivity index (χ2v) is 6.29. The summed E-state index contributed by atoms with van der Waals surface area (Å²) in [7, 11) is 0. The fraction of sp³-hybridized carbons (Fsp3) is 0.500. The molecule has 0 saturated heterocycles. The Hall–Kier alpha value is -1.53. The Kier molecular flexibility index (Phi) is 3.67. The summed E-state index contributed by atoms with van der Waals surface area (Å²) in [5.74, 6) is 1.86. The lowest BCUT2D eigenvalue weighted by atomic mass is 10.3. The van der Waals surface area contributed by atoms with Crippen LogP contribution in [0.4, 0.5) is 0 Å². The number of hydrogen-bond donors (Lipinski definition) is 1. The van der Waals surface area contributed by atoms with Crippen molar-refractivity contribution in [1.29, 1.82) is 0 Å². The van der Waals surface area contributed by atoms with Crippen LogP contribution in [0.15, 0.2) is 11.1 Å². The number of aryl methyl sites for hydroxylation is 2. The molecule has 20 heavy (non-hydrogen) atoms. The molecule has 0 bridgehead atoms. The largest absolute Gasteiger partial charge is 0.314 e. The molecule has 1 aliphatic heterocycles. The van der Waals surface area contributed by atoms with E-state index < -0.39 is 0 Å². The number of fused-ring (bicyclic) bond motifs is 3. The van der Waals surface area contributed by atoms with E-state index in [0.717, 1.165) is 36.7 Å². The van der Waals surface area contributed by atoms with Gasteiger partial charge in [0.1, 0.15) is 16.9 Å². The molecule has 106 valence electrons. The van der Waals surface area contributed by atoms with Crippen LogP contribution in [-0.4, -0.2) is 34.1 Å². The van der Waals surface area contributed by atoms with E-state index in [1.54, 1.807) is 11.3 Å². The zero-order valence-electron chi connectivity index (χ0n) is 12.1. The predicted molar refractivity (Wildman–Crippen MR) is 82.2 cm³/mol. The first-order valence-electron chi connectivity index (χ1n) is 6.97. The molecule has 1 aliphatic rings. The molecule has 6 heteroatoms. The Morgan fingerprint density at radius 1 is 1.35 bits per heavy atom. The van der Waals surface area contributed by atoms with Gasteiger partial charge in [-0.1, -0.05) is 6.92 Å². The van der Waals surface area contributed by atoms with E-state index in [2.05, 4.69) is 40.0 Å². The van der Waals surface area contributed by atoms with E-state index in [1.165, 1.54) is 9.88 Å². The van der Waals surface area contributed by atoms with Gasteiger partial charge in [0.25, 0.3) is 0 Å². The molecule has 2 aromatic heterocycles. The van der Waals surface area contributed by atoms with Crippen molar-refractivity contribution in [2.45, 2.75) is 33.2 Å². The number of nitrogens with one attached hydrogen (secondary N) is 1. The van der Waals surface area contributed by atoms with Crippen molar-refractivity contribution >= 4 is 17.6 Å². The molecule has 0 aliphatic carbocycles. The van der Waals surface area contributed by atoms with Gasteiger partial charge in [0, 0.05) is 23.2 Å². The summed E-state index contributed by atoms with van der Waals surface area (Å²) >= 11 is 1.77. The zero-order chi connectivity index (χ0) is 14.1. The molecule has 0 fully saturated rings. The second kappa shape index (κ2) is 5.46. The molecule has 5 nitrogen and oxygen atoms in total. The minimum absolute atomic E-state index is 0.0302. The number of aromatic nitrogens is 3. The third-order valence-electron chi connectivity index (χ3n) is 3.37. The van der Waals surface area contributed by atoms with Gasteiger partial charge in [-0.3, -0.25) is 9.56 Å². The van der Waals surface area contributed by atoms with Gasteiger partial charge in [-0.15, -0.1) is 21.5 Å². The Morgan fingerprint density at radius 2 is 2.20 bits per heavy atom. The molecule has 0 amide bonds. The topological polar surface area (TPSA) is 55.1 Å². The van der Waals surface area contributed by atoms with Gasteiger partial charge in [-0.2, -0.15) is 0 Å². The van der Waals surface area contributed by atoms with Crippen LogP contribution in [0.1, 0.15) is 41.5 Å². The lowest BCUT2D eigenvalue weighted by Crippen LogP contribution is -2.23. The molecular formula is C14H19N5S. The van der Waals surface area contributed by atoms with Crippen LogP contribution in [0.5, 0.6) is 0 Å². The van der Waals surface area contributed by atoms with Gasteiger partial charge < -0.3 is 5.32 Å². The maximum absolute atomic E-state index is 4.70. The summed E-state index contributed by atoms with van der Waals surface area (Å²) in [5.41, 5.74) is 1.16. The molecule has 3 rings (SSSR count). The molecule has 0 aromatic carbocycles. The van der Waals surface area contributed by atoms with Crippen molar-refractivity contribution < 1.29 is 0 Å². The van der Waals surface area contributed by atoms with E-state index in [-0.39, 0.29) is 6.04 Å². The van der Waals surface area contributed by atoms with E-state index in [4.69, 9.17) is 4.99 Å². The quantitative estimate of drug-likeness (QED) is 0.879. The zero-order valence-corrected chi connectivity index (χ0v) is 12.9. The monoisotopic (exact) mass is 289 g/mol. The van der Waals surface area contributed by atoms with Crippen molar-refractivity contribution in [1.82, 2.24) is 20.1 Å². The van der Waals surface area contributed by atoms with Crippen molar-refractivity contribution in [2.24, 2.45) is 4.99 Å². The molecule has 1 N–H and O–H groups in total. The normalized spacial score (nSPS) is 16.9. The van der Waals surface area contributed by atoms with Gasteiger partial charge in [0.05, 0.1) is 0 Å². The summed E-state index contributed by atoms with van der Waals surface area (Å²) < 4.78 is 2.15. The number of thiophene rings is 1. The molecular weight excluding hydrogens is 270 g/mol. The summed E-state index contributed by atoms with van der Waals surface area (Å²) in [4.78, 5) is 5.98. The fourth-order valence-electron chi connectivity index (χ4n) is 2.43. The number of rotatable bonds is 4. The molecule has 0 saturated carbocycles. The van der Waals surface area contributed by atoms with E-state index in [1.807, 2.05) is 13.1 Å². The van der Waals surface area contributed by atoms with Crippen LogP contribution < -0.4 is 5.32 Å². The van der Waals surface area contributed by atoms with Crippen molar-refractivity contribution in [3.8, 4) is 5.00 Å². The highest BCUT2D eigenvalue weighted by molar-refractivity contribution is 7.14. The Labute approximate surface area is 122 Å².